The smallest absolute Gasteiger partial charge is 0.273 e. The summed E-state index contributed by atoms with van der Waals surface area (Å²) in [5.41, 5.74) is 4.28. The van der Waals surface area contributed by atoms with Gasteiger partial charge in [-0.3, -0.25) is 9.59 Å². The lowest BCUT2D eigenvalue weighted by molar-refractivity contribution is -0.115. The molecule has 0 aliphatic rings. The van der Waals surface area contributed by atoms with E-state index in [0.717, 1.165) is 22.6 Å². The van der Waals surface area contributed by atoms with E-state index >= 15 is 0 Å². The van der Waals surface area contributed by atoms with Crippen LogP contribution in [0.3, 0.4) is 0 Å². The van der Waals surface area contributed by atoms with Gasteiger partial charge in [-0.25, -0.2) is 4.68 Å². The van der Waals surface area contributed by atoms with E-state index in [1.165, 1.54) is 0 Å². The molecule has 0 unspecified atom stereocenters. The summed E-state index contributed by atoms with van der Waals surface area (Å²) in [4.78, 5) is 24.6. The molecule has 4 rings (SSSR count). The summed E-state index contributed by atoms with van der Waals surface area (Å²) in [6.45, 7) is 3.69. The number of nitrogens with zero attached hydrogens (tertiary/aromatic N) is 3. The number of carbonyl (C=O) groups excluding carboxylic acids is 2. The summed E-state index contributed by atoms with van der Waals surface area (Å²) in [6.07, 6.45) is 0. The largest absolute Gasteiger partial charge is 0.355 e. The molecule has 0 saturated carbocycles. The number of anilines is 1. The number of nitrogens with one attached hydrogen (secondary N) is 2. The Balaban J connectivity index is 1.35. The molecule has 0 radical (unpaired) electrons. The van der Waals surface area contributed by atoms with Crippen LogP contribution in [0.25, 0.3) is 17.0 Å². The maximum atomic E-state index is 12.3. The number of hydrogen-bond donors (Lipinski definition) is 2. The zero-order chi connectivity index (χ0) is 21.8. The highest BCUT2D eigenvalue weighted by Gasteiger charge is 2.15. The van der Waals surface area contributed by atoms with E-state index in [4.69, 9.17) is 4.52 Å². The third-order valence-corrected chi connectivity index (χ3v) is 4.59. The minimum Gasteiger partial charge on any atom is -0.355 e. The molecule has 8 heteroatoms. The fourth-order valence-corrected chi connectivity index (χ4v) is 3.18. The molecule has 2 amide bonds. The number of aromatic nitrogens is 3. The third-order valence-electron chi connectivity index (χ3n) is 4.59. The van der Waals surface area contributed by atoms with E-state index in [0.29, 0.717) is 11.4 Å². The first-order valence-corrected chi connectivity index (χ1v) is 9.73. The summed E-state index contributed by atoms with van der Waals surface area (Å²) >= 11 is 0. The van der Waals surface area contributed by atoms with Crippen molar-refractivity contribution in [2.75, 3.05) is 11.9 Å². The molecular weight excluding hydrogens is 394 g/mol. The molecule has 0 saturated heterocycles. The highest BCUT2D eigenvalue weighted by Crippen LogP contribution is 2.20. The van der Waals surface area contributed by atoms with Gasteiger partial charge in [0, 0.05) is 23.0 Å². The molecule has 0 spiro atoms. The molecule has 0 aliphatic carbocycles. The Bertz CT molecular complexity index is 1230. The minimum absolute atomic E-state index is 0.109. The van der Waals surface area contributed by atoms with Crippen LogP contribution in [0.4, 0.5) is 5.69 Å². The molecule has 31 heavy (non-hydrogen) atoms. The molecule has 0 bridgehead atoms. The summed E-state index contributed by atoms with van der Waals surface area (Å²) in [5, 5.41) is 13.6. The highest BCUT2D eigenvalue weighted by atomic mass is 16.5. The van der Waals surface area contributed by atoms with Crippen molar-refractivity contribution >= 4 is 17.5 Å². The quantitative estimate of drug-likeness (QED) is 0.502. The summed E-state index contributed by atoms with van der Waals surface area (Å²) in [5.74, 6) is -0.362. The summed E-state index contributed by atoms with van der Waals surface area (Å²) < 4.78 is 7.03. The van der Waals surface area contributed by atoms with Crippen molar-refractivity contribution in [3.63, 3.8) is 0 Å². The summed E-state index contributed by atoms with van der Waals surface area (Å²) in [7, 11) is 0. The molecule has 156 valence electrons. The Labute approximate surface area is 178 Å². The van der Waals surface area contributed by atoms with Crippen LogP contribution in [0.5, 0.6) is 0 Å². The Kier molecular flexibility index (Phi) is 5.61. The van der Waals surface area contributed by atoms with Crippen LogP contribution in [-0.2, 0) is 4.79 Å². The maximum Gasteiger partial charge on any atom is 0.273 e. The van der Waals surface area contributed by atoms with Crippen LogP contribution < -0.4 is 10.6 Å². The van der Waals surface area contributed by atoms with Crippen molar-refractivity contribution in [1.29, 1.82) is 0 Å². The van der Waals surface area contributed by atoms with Gasteiger partial charge in [-0.05, 0) is 38.1 Å². The third kappa shape index (κ3) is 4.69. The molecule has 2 N–H and O–H groups in total. The van der Waals surface area contributed by atoms with Crippen molar-refractivity contribution in [1.82, 2.24) is 20.3 Å². The Hall–Kier alpha value is -4.20. The Morgan fingerprint density at radius 1 is 1.00 bits per heavy atom. The highest BCUT2D eigenvalue weighted by molar-refractivity contribution is 5.98. The van der Waals surface area contributed by atoms with Crippen molar-refractivity contribution in [2.24, 2.45) is 0 Å². The van der Waals surface area contributed by atoms with Crippen LogP contribution in [0.15, 0.2) is 71.3 Å². The first-order chi connectivity index (χ1) is 15.0. The molecular formula is C23H21N5O3. The molecule has 2 aromatic heterocycles. The predicted octanol–water partition coefficient (Wildman–Crippen LogP) is 3.51. The normalized spacial score (nSPS) is 10.6. The Morgan fingerprint density at radius 3 is 2.55 bits per heavy atom. The zero-order valence-corrected chi connectivity index (χ0v) is 17.1. The van der Waals surface area contributed by atoms with E-state index in [-0.39, 0.29) is 18.1 Å². The zero-order valence-electron chi connectivity index (χ0n) is 17.1. The monoisotopic (exact) mass is 415 g/mol. The van der Waals surface area contributed by atoms with E-state index in [2.05, 4.69) is 20.9 Å². The van der Waals surface area contributed by atoms with Gasteiger partial charge in [0.2, 0.25) is 5.91 Å². The lowest BCUT2D eigenvalue weighted by atomic mass is 10.1. The Morgan fingerprint density at radius 2 is 1.81 bits per heavy atom. The van der Waals surface area contributed by atoms with Crippen molar-refractivity contribution in [2.45, 2.75) is 13.8 Å². The second kappa shape index (κ2) is 8.66. The van der Waals surface area contributed by atoms with Gasteiger partial charge in [0.25, 0.3) is 5.91 Å². The molecule has 0 aliphatic heterocycles. The van der Waals surface area contributed by atoms with Gasteiger partial charge in [0.15, 0.2) is 11.5 Å². The van der Waals surface area contributed by atoms with Gasteiger partial charge in [-0.2, -0.15) is 5.10 Å². The standard InChI is InChI=1S/C23H21N5O3/c1-15-11-16(2)28(26-15)19-10-6-9-18(12-19)25-22(29)14-24-23(30)20-13-21(31-27-20)17-7-4-3-5-8-17/h3-13H,14H2,1-2H3,(H,24,30)(H,25,29). The van der Waals surface area contributed by atoms with E-state index < -0.39 is 5.91 Å². The first-order valence-electron chi connectivity index (χ1n) is 9.73. The molecule has 4 aromatic rings. The van der Waals surface area contributed by atoms with Gasteiger partial charge in [-0.15, -0.1) is 0 Å². The van der Waals surface area contributed by atoms with Gasteiger partial charge in [0.1, 0.15) is 0 Å². The van der Waals surface area contributed by atoms with Crippen molar-refractivity contribution in [3.8, 4) is 17.0 Å². The number of hydrogen-bond acceptors (Lipinski definition) is 5. The lowest BCUT2D eigenvalue weighted by Gasteiger charge is -2.09. The average molecular weight is 415 g/mol. The van der Waals surface area contributed by atoms with Gasteiger partial charge >= 0.3 is 0 Å². The van der Waals surface area contributed by atoms with Crippen LogP contribution in [0.2, 0.25) is 0 Å². The number of carbonyl (C=O) groups is 2. The number of amides is 2. The fourth-order valence-electron chi connectivity index (χ4n) is 3.18. The first kappa shape index (κ1) is 20.1. The number of aryl methyl sites for hydroxylation is 2. The number of benzene rings is 2. The second-order valence-electron chi connectivity index (χ2n) is 7.06. The van der Waals surface area contributed by atoms with Crippen LogP contribution >= 0.6 is 0 Å². The van der Waals surface area contributed by atoms with Crippen LogP contribution in [0, 0.1) is 13.8 Å². The molecule has 8 nitrogen and oxygen atoms in total. The SMILES string of the molecule is Cc1cc(C)n(-c2cccc(NC(=O)CNC(=O)c3cc(-c4ccccc4)on3)c2)n1. The van der Waals surface area contributed by atoms with E-state index in [1.807, 2.05) is 73.1 Å². The van der Waals surface area contributed by atoms with Crippen molar-refractivity contribution in [3.05, 3.63) is 83.8 Å². The molecule has 2 heterocycles. The second-order valence-corrected chi connectivity index (χ2v) is 7.06. The number of rotatable bonds is 6. The minimum atomic E-state index is -0.488. The van der Waals surface area contributed by atoms with Gasteiger partial charge in [-0.1, -0.05) is 41.6 Å². The lowest BCUT2D eigenvalue weighted by Crippen LogP contribution is -2.33. The van der Waals surface area contributed by atoms with Crippen LogP contribution in [0.1, 0.15) is 21.9 Å². The van der Waals surface area contributed by atoms with E-state index in [9.17, 15) is 9.59 Å². The maximum absolute atomic E-state index is 12.3. The fraction of sp³-hybridized carbons (Fsp3) is 0.130. The molecule has 2 aromatic carbocycles. The average Bonchev–Trinajstić information content (AvgIpc) is 3.39. The van der Waals surface area contributed by atoms with E-state index in [1.54, 1.807) is 12.1 Å². The van der Waals surface area contributed by atoms with Crippen LogP contribution in [-0.4, -0.2) is 33.3 Å². The van der Waals surface area contributed by atoms with Gasteiger partial charge < -0.3 is 15.2 Å². The predicted molar refractivity (Wildman–Crippen MR) is 116 cm³/mol. The summed E-state index contributed by atoms with van der Waals surface area (Å²) in [6, 6.07) is 20.2. The molecule has 0 fully saturated rings. The molecule has 0 atom stereocenters. The van der Waals surface area contributed by atoms with Crippen molar-refractivity contribution < 1.29 is 14.1 Å². The topological polar surface area (TPSA) is 102 Å². The van der Waals surface area contributed by atoms with Gasteiger partial charge in [0.05, 0.1) is 17.9 Å².